The van der Waals surface area contributed by atoms with Crippen molar-refractivity contribution in [2.24, 2.45) is 10.4 Å². The van der Waals surface area contributed by atoms with Crippen LogP contribution in [0.4, 0.5) is 5.69 Å². The van der Waals surface area contributed by atoms with Gasteiger partial charge in [0.1, 0.15) is 0 Å². The molecule has 102 valence electrons. The summed E-state index contributed by atoms with van der Waals surface area (Å²) in [5, 5.41) is 9.81. The molecule has 0 bridgehead atoms. The van der Waals surface area contributed by atoms with E-state index in [0.29, 0.717) is 5.69 Å². The van der Waals surface area contributed by atoms with Gasteiger partial charge < -0.3 is 5.11 Å². The number of aliphatic imine (C=N–C) groups is 1. The van der Waals surface area contributed by atoms with E-state index in [2.05, 4.69) is 4.99 Å². The van der Waals surface area contributed by atoms with Gasteiger partial charge in [-0.15, -0.1) is 0 Å². The van der Waals surface area contributed by atoms with Gasteiger partial charge in [-0.05, 0) is 26.0 Å². The molecule has 1 N–H and O–H groups in total. The maximum absolute atomic E-state index is 11.9. The minimum atomic E-state index is -1.52. The molecule has 0 unspecified atom stereocenters. The smallest absolute Gasteiger partial charge is 0.235 e. The van der Waals surface area contributed by atoms with Crippen LogP contribution in [0.2, 0.25) is 0 Å². The predicted octanol–water partition coefficient (Wildman–Crippen LogP) is 1.95. The molecule has 1 aromatic carbocycles. The van der Waals surface area contributed by atoms with Crippen molar-refractivity contribution < 1.29 is 19.5 Å². The van der Waals surface area contributed by atoms with E-state index in [1.54, 1.807) is 30.3 Å². The molecule has 0 fully saturated rings. The van der Waals surface area contributed by atoms with E-state index in [0.717, 1.165) is 6.21 Å². The Morgan fingerprint density at radius 2 is 1.65 bits per heavy atom. The standard InChI is InChI=1S/C15H13NO4/c1-15(2)13(19)11(17)10(12(18)14(15)20)8-16-9-6-4-3-5-7-9/h3-8,17H,1-2H3. The molecule has 0 saturated heterocycles. The van der Waals surface area contributed by atoms with Gasteiger partial charge in [0.05, 0.1) is 16.7 Å². The first kappa shape index (κ1) is 13.9. The van der Waals surface area contributed by atoms with Crippen LogP contribution in [-0.4, -0.2) is 28.7 Å². The number of rotatable bonds is 2. The van der Waals surface area contributed by atoms with E-state index in [1.165, 1.54) is 13.8 Å². The fraction of sp³-hybridized carbons (Fsp3) is 0.200. The minimum absolute atomic E-state index is 0.358. The Morgan fingerprint density at radius 3 is 2.25 bits per heavy atom. The number of para-hydroxylation sites is 1. The second-order valence-electron chi connectivity index (χ2n) is 4.97. The largest absolute Gasteiger partial charge is 0.504 e. The van der Waals surface area contributed by atoms with Gasteiger partial charge in [0, 0.05) is 6.21 Å². The molecule has 0 saturated carbocycles. The topological polar surface area (TPSA) is 83.8 Å². The lowest BCUT2D eigenvalue weighted by Gasteiger charge is -2.25. The number of hydrogen-bond acceptors (Lipinski definition) is 5. The van der Waals surface area contributed by atoms with Gasteiger partial charge in [-0.1, -0.05) is 18.2 Å². The molecule has 0 spiro atoms. The van der Waals surface area contributed by atoms with Crippen molar-refractivity contribution in [1.29, 1.82) is 0 Å². The molecule has 0 aliphatic heterocycles. The van der Waals surface area contributed by atoms with E-state index in [-0.39, 0.29) is 5.57 Å². The third kappa shape index (κ3) is 2.18. The lowest BCUT2D eigenvalue weighted by Crippen LogP contribution is -2.45. The second kappa shape index (κ2) is 4.85. The number of carbonyl (C=O) groups excluding carboxylic acids is 3. The van der Waals surface area contributed by atoms with Crippen LogP contribution in [0.25, 0.3) is 0 Å². The van der Waals surface area contributed by atoms with Crippen molar-refractivity contribution in [2.75, 3.05) is 0 Å². The molecule has 1 aliphatic carbocycles. The number of hydrogen-bond donors (Lipinski definition) is 1. The number of Topliss-reactive ketones (excluding diaryl/α,β-unsaturated/α-hetero) is 3. The van der Waals surface area contributed by atoms with Crippen LogP contribution >= 0.6 is 0 Å². The number of aliphatic hydroxyl groups is 1. The van der Waals surface area contributed by atoms with Gasteiger partial charge in [-0.3, -0.25) is 19.4 Å². The number of nitrogens with zero attached hydrogens (tertiary/aromatic N) is 1. The molecule has 20 heavy (non-hydrogen) atoms. The highest BCUT2D eigenvalue weighted by molar-refractivity contribution is 6.55. The molecule has 5 heteroatoms. The van der Waals surface area contributed by atoms with Crippen molar-refractivity contribution in [2.45, 2.75) is 13.8 Å². The summed E-state index contributed by atoms with van der Waals surface area (Å²) in [6.45, 7) is 2.63. The normalized spacial score (nSPS) is 19.0. The lowest BCUT2D eigenvalue weighted by atomic mass is 9.74. The van der Waals surface area contributed by atoms with Gasteiger partial charge in [-0.25, -0.2) is 0 Å². The van der Waals surface area contributed by atoms with Gasteiger partial charge in [0.2, 0.25) is 17.3 Å². The quantitative estimate of drug-likeness (QED) is 0.506. The zero-order valence-corrected chi connectivity index (χ0v) is 11.1. The van der Waals surface area contributed by atoms with Crippen molar-refractivity contribution in [1.82, 2.24) is 0 Å². The predicted molar refractivity (Wildman–Crippen MR) is 73.1 cm³/mol. The van der Waals surface area contributed by atoms with Crippen molar-refractivity contribution in [3.8, 4) is 0 Å². The summed E-state index contributed by atoms with van der Waals surface area (Å²) in [5.74, 6) is -3.21. The average molecular weight is 271 g/mol. The number of allylic oxidation sites excluding steroid dienone is 2. The molecule has 1 aromatic rings. The third-order valence-electron chi connectivity index (χ3n) is 3.16. The van der Waals surface area contributed by atoms with Gasteiger partial charge in [0.15, 0.2) is 5.76 Å². The SMILES string of the molecule is CC1(C)C(=O)C(=O)C(C=Nc2ccccc2)=C(O)C1=O. The molecule has 0 heterocycles. The maximum Gasteiger partial charge on any atom is 0.235 e. The van der Waals surface area contributed by atoms with Crippen molar-refractivity contribution in [3.05, 3.63) is 41.7 Å². The summed E-state index contributed by atoms with van der Waals surface area (Å²) in [4.78, 5) is 39.6. The Balaban J connectivity index is 2.43. The minimum Gasteiger partial charge on any atom is -0.504 e. The number of ketones is 3. The average Bonchev–Trinajstić information content (AvgIpc) is 2.45. The first-order chi connectivity index (χ1) is 9.35. The summed E-state index contributed by atoms with van der Waals surface area (Å²) >= 11 is 0. The fourth-order valence-corrected chi connectivity index (χ4v) is 1.81. The molecule has 1 aliphatic rings. The summed E-state index contributed by atoms with van der Waals surface area (Å²) < 4.78 is 0. The summed E-state index contributed by atoms with van der Waals surface area (Å²) in [6.07, 6.45) is 1.05. The Labute approximate surface area is 115 Å². The molecule has 0 radical (unpaired) electrons. The Kier molecular flexibility index (Phi) is 3.36. The highest BCUT2D eigenvalue weighted by atomic mass is 16.3. The van der Waals surface area contributed by atoms with E-state index in [9.17, 15) is 19.5 Å². The van der Waals surface area contributed by atoms with Crippen LogP contribution < -0.4 is 0 Å². The summed E-state index contributed by atoms with van der Waals surface area (Å²) in [7, 11) is 0. The maximum atomic E-state index is 11.9. The zero-order valence-electron chi connectivity index (χ0n) is 11.1. The zero-order chi connectivity index (χ0) is 14.9. The Morgan fingerprint density at radius 1 is 1.05 bits per heavy atom. The summed E-state index contributed by atoms with van der Waals surface area (Å²) in [5.41, 5.74) is -1.33. The van der Waals surface area contributed by atoms with Gasteiger partial charge in [-0.2, -0.15) is 0 Å². The fourth-order valence-electron chi connectivity index (χ4n) is 1.81. The number of benzene rings is 1. The third-order valence-corrected chi connectivity index (χ3v) is 3.16. The van der Waals surface area contributed by atoms with Crippen LogP contribution in [0.15, 0.2) is 46.7 Å². The molecule has 2 rings (SSSR count). The van der Waals surface area contributed by atoms with E-state index < -0.39 is 28.5 Å². The monoisotopic (exact) mass is 271 g/mol. The van der Waals surface area contributed by atoms with Gasteiger partial charge in [0.25, 0.3) is 0 Å². The molecular weight excluding hydrogens is 258 g/mol. The van der Waals surface area contributed by atoms with Crippen LogP contribution in [0.1, 0.15) is 13.8 Å². The van der Waals surface area contributed by atoms with E-state index in [1.807, 2.05) is 0 Å². The Bertz CT molecular complexity index is 654. The highest BCUT2D eigenvalue weighted by Crippen LogP contribution is 2.29. The first-order valence-corrected chi connectivity index (χ1v) is 6.02. The van der Waals surface area contributed by atoms with Crippen LogP contribution in [0.5, 0.6) is 0 Å². The van der Waals surface area contributed by atoms with Crippen LogP contribution in [0, 0.1) is 5.41 Å². The molecule has 5 nitrogen and oxygen atoms in total. The number of carbonyl (C=O) groups is 3. The van der Waals surface area contributed by atoms with E-state index >= 15 is 0 Å². The van der Waals surface area contributed by atoms with Crippen LogP contribution in [0.3, 0.4) is 0 Å². The van der Waals surface area contributed by atoms with Crippen molar-refractivity contribution >= 4 is 29.3 Å². The molecule has 0 amide bonds. The van der Waals surface area contributed by atoms with Gasteiger partial charge >= 0.3 is 0 Å². The highest BCUT2D eigenvalue weighted by Gasteiger charge is 2.48. The van der Waals surface area contributed by atoms with E-state index in [4.69, 9.17) is 0 Å². The molecule has 0 aromatic heterocycles. The molecular formula is C15H13NO4. The first-order valence-electron chi connectivity index (χ1n) is 6.02. The number of aliphatic hydroxyl groups excluding tert-OH is 1. The second-order valence-corrected chi connectivity index (χ2v) is 4.97. The van der Waals surface area contributed by atoms with Crippen molar-refractivity contribution in [3.63, 3.8) is 0 Å². The molecule has 0 atom stereocenters. The lowest BCUT2D eigenvalue weighted by molar-refractivity contribution is -0.146. The summed E-state index contributed by atoms with van der Waals surface area (Å²) in [6, 6.07) is 8.69. The van der Waals surface area contributed by atoms with Crippen LogP contribution in [-0.2, 0) is 14.4 Å². The Hall–Kier alpha value is -2.56.